The highest BCUT2D eigenvalue weighted by Gasteiger charge is 2.30. The molecule has 1 aliphatic heterocycles. The molecule has 0 aromatic heterocycles. The number of ether oxygens (including phenoxy) is 1. The predicted molar refractivity (Wildman–Crippen MR) is 67.2 cm³/mol. The van der Waals surface area contributed by atoms with E-state index in [1.165, 1.54) is 12.1 Å². The van der Waals surface area contributed by atoms with Crippen LogP contribution in [0.3, 0.4) is 0 Å². The van der Waals surface area contributed by atoms with Crippen LogP contribution in [0.4, 0.5) is 13.2 Å². The van der Waals surface area contributed by atoms with Gasteiger partial charge in [-0.1, -0.05) is 18.2 Å². The van der Waals surface area contributed by atoms with Crippen molar-refractivity contribution < 1.29 is 17.9 Å². The largest absolute Gasteiger partial charge is 0.416 e. The zero-order valence-corrected chi connectivity index (χ0v) is 11.0. The summed E-state index contributed by atoms with van der Waals surface area (Å²) in [6, 6.07) is 5.48. The van der Waals surface area contributed by atoms with Gasteiger partial charge in [-0.2, -0.15) is 13.2 Å². The van der Waals surface area contributed by atoms with Crippen LogP contribution in [0, 0.1) is 0 Å². The predicted octanol–water partition coefficient (Wildman–Crippen LogP) is 3.15. The molecule has 0 radical (unpaired) electrons. The van der Waals surface area contributed by atoms with E-state index < -0.39 is 11.7 Å². The third-order valence-electron chi connectivity index (χ3n) is 3.17. The molecule has 1 aromatic rings. The fourth-order valence-corrected chi connectivity index (χ4v) is 2.40. The first kappa shape index (κ1) is 14.6. The van der Waals surface area contributed by atoms with Gasteiger partial charge in [0.15, 0.2) is 0 Å². The standard InChI is InChI=1S/C13H15ClF3NO/c14-7-12-9-19-5-4-18(12)8-10-2-1-3-11(6-10)13(15,16)17/h1-3,6,12H,4-5,7-9H2. The molecule has 1 atom stereocenters. The van der Waals surface area contributed by atoms with Crippen LogP contribution in [0.2, 0.25) is 0 Å². The molecule has 6 heteroatoms. The highest BCUT2D eigenvalue weighted by atomic mass is 35.5. The zero-order valence-electron chi connectivity index (χ0n) is 10.3. The Hall–Kier alpha value is -0.780. The monoisotopic (exact) mass is 293 g/mol. The van der Waals surface area contributed by atoms with Crippen molar-refractivity contribution in [2.45, 2.75) is 18.8 Å². The van der Waals surface area contributed by atoms with Crippen LogP contribution < -0.4 is 0 Å². The minimum Gasteiger partial charge on any atom is -0.378 e. The minimum absolute atomic E-state index is 0.0601. The molecule has 1 fully saturated rings. The topological polar surface area (TPSA) is 12.5 Å². The molecule has 1 aromatic carbocycles. The smallest absolute Gasteiger partial charge is 0.378 e. The molecule has 1 saturated heterocycles. The second-order valence-electron chi connectivity index (χ2n) is 4.55. The maximum Gasteiger partial charge on any atom is 0.416 e. The molecule has 1 unspecified atom stereocenters. The number of morpholine rings is 1. The van der Waals surface area contributed by atoms with Gasteiger partial charge in [-0.25, -0.2) is 0 Å². The van der Waals surface area contributed by atoms with Crippen LogP contribution in [-0.4, -0.2) is 36.6 Å². The molecule has 106 valence electrons. The summed E-state index contributed by atoms with van der Waals surface area (Å²) < 4.78 is 43.2. The molecule has 0 aliphatic carbocycles. The van der Waals surface area contributed by atoms with E-state index >= 15 is 0 Å². The molecule has 0 saturated carbocycles. The summed E-state index contributed by atoms with van der Waals surface area (Å²) in [5, 5.41) is 0. The van der Waals surface area contributed by atoms with Crippen LogP contribution in [0.1, 0.15) is 11.1 Å². The summed E-state index contributed by atoms with van der Waals surface area (Å²) in [5.41, 5.74) is 0.0347. The first-order valence-corrected chi connectivity index (χ1v) is 6.58. The van der Waals surface area contributed by atoms with Gasteiger partial charge in [-0.05, 0) is 11.6 Å². The molecule has 0 N–H and O–H groups in total. The van der Waals surface area contributed by atoms with Crippen LogP contribution in [0.15, 0.2) is 24.3 Å². The van der Waals surface area contributed by atoms with Crippen LogP contribution in [0.5, 0.6) is 0 Å². The van der Waals surface area contributed by atoms with Gasteiger partial charge in [0.1, 0.15) is 0 Å². The van der Waals surface area contributed by atoms with Crippen molar-refractivity contribution in [1.29, 1.82) is 0 Å². The van der Waals surface area contributed by atoms with Crippen molar-refractivity contribution in [3.8, 4) is 0 Å². The van der Waals surface area contributed by atoms with Gasteiger partial charge < -0.3 is 4.74 Å². The van der Waals surface area contributed by atoms with Gasteiger partial charge in [-0.3, -0.25) is 4.90 Å². The van der Waals surface area contributed by atoms with E-state index in [0.717, 1.165) is 6.07 Å². The highest BCUT2D eigenvalue weighted by Crippen LogP contribution is 2.30. The molecule has 0 amide bonds. The number of hydrogen-bond donors (Lipinski definition) is 0. The number of halogens is 4. The molecule has 2 rings (SSSR count). The Balaban J connectivity index is 2.10. The Bertz CT molecular complexity index is 425. The summed E-state index contributed by atoms with van der Waals surface area (Å²) >= 11 is 5.84. The number of alkyl halides is 4. The van der Waals surface area contributed by atoms with Crippen LogP contribution in [-0.2, 0) is 17.5 Å². The Morgan fingerprint density at radius 2 is 2.16 bits per heavy atom. The third-order valence-corrected chi connectivity index (χ3v) is 3.52. The zero-order chi connectivity index (χ0) is 13.9. The van der Waals surface area contributed by atoms with Crippen molar-refractivity contribution in [2.75, 3.05) is 25.6 Å². The van der Waals surface area contributed by atoms with Crippen molar-refractivity contribution in [2.24, 2.45) is 0 Å². The fourth-order valence-electron chi connectivity index (χ4n) is 2.12. The van der Waals surface area contributed by atoms with E-state index in [1.807, 2.05) is 0 Å². The van der Waals surface area contributed by atoms with Crippen LogP contribution in [0.25, 0.3) is 0 Å². The second kappa shape index (κ2) is 6.11. The quantitative estimate of drug-likeness (QED) is 0.794. The van der Waals surface area contributed by atoms with Gasteiger partial charge in [0.2, 0.25) is 0 Å². The molecule has 1 heterocycles. The molecule has 1 aliphatic rings. The molecule has 0 spiro atoms. The van der Waals surface area contributed by atoms with Crippen molar-refractivity contribution in [1.82, 2.24) is 4.90 Å². The molecule has 0 bridgehead atoms. The molecule has 2 nitrogen and oxygen atoms in total. The van der Waals surface area contributed by atoms with E-state index in [0.29, 0.717) is 37.7 Å². The number of hydrogen-bond acceptors (Lipinski definition) is 2. The lowest BCUT2D eigenvalue weighted by Gasteiger charge is -2.34. The average Bonchev–Trinajstić information content (AvgIpc) is 2.39. The number of benzene rings is 1. The van der Waals surface area contributed by atoms with Crippen molar-refractivity contribution in [3.63, 3.8) is 0 Å². The lowest BCUT2D eigenvalue weighted by molar-refractivity contribution is -0.137. The summed E-state index contributed by atoms with van der Waals surface area (Å²) in [6.45, 7) is 2.27. The summed E-state index contributed by atoms with van der Waals surface area (Å²) in [7, 11) is 0. The van der Waals surface area contributed by atoms with Gasteiger partial charge in [0.05, 0.1) is 18.8 Å². The Labute approximate surface area is 115 Å². The normalized spacial score (nSPS) is 21.6. The first-order chi connectivity index (χ1) is 9.00. The first-order valence-electron chi connectivity index (χ1n) is 6.04. The Kier molecular flexibility index (Phi) is 4.71. The van der Waals surface area contributed by atoms with Gasteiger partial charge in [-0.15, -0.1) is 11.6 Å². The average molecular weight is 294 g/mol. The summed E-state index contributed by atoms with van der Waals surface area (Å²) in [5.74, 6) is 0.416. The molecule has 19 heavy (non-hydrogen) atoms. The number of nitrogens with zero attached hydrogens (tertiary/aromatic N) is 1. The maximum absolute atomic E-state index is 12.6. The fraction of sp³-hybridized carbons (Fsp3) is 0.538. The SMILES string of the molecule is FC(F)(F)c1cccc(CN2CCOCC2CCl)c1. The van der Waals surface area contributed by atoms with Gasteiger partial charge in [0.25, 0.3) is 0 Å². The van der Waals surface area contributed by atoms with Gasteiger partial charge in [0, 0.05) is 25.0 Å². The molecular formula is C13H15ClF3NO. The highest BCUT2D eigenvalue weighted by molar-refractivity contribution is 6.18. The van der Waals surface area contributed by atoms with Crippen molar-refractivity contribution >= 4 is 11.6 Å². The van der Waals surface area contributed by atoms with E-state index in [2.05, 4.69) is 4.90 Å². The van der Waals surface area contributed by atoms with E-state index in [-0.39, 0.29) is 6.04 Å². The maximum atomic E-state index is 12.6. The summed E-state index contributed by atoms with van der Waals surface area (Å²) in [4.78, 5) is 2.06. The molecular weight excluding hydrogens is 279 g/mol. The van der Waals surface area contributed by atoms with Gasteiger partial charge >= 0.3 is 6.18 Å². The van der Waals surface area contributed by atoms with E-state index in [4.69, 9.17) is 16.3 Å². The van der Waals surface area contributed by atoms with E-state index in [1.54, 1.807) is 6.07 Å². The minimum atomic E-state index is -4.30. The summed E-state index contributed by atoms with van der Waals surface area (Å²) in [6.07, 6.45) is -4.30. The number of rotatable bonds is 3. The lowest BCUT2D eigenvalue weighted by atomic mass is 10.1. The van der Waals surface area contributed by atoms with Crippen molar-refractivity contribution in [3.05, 3.63) is 35.4 Å². The third kappa shape index (κ3) is 3.84. The lowest BCUT2D eigenvalue weighted by Crippen LogP contribution is -2.45. The Morgan fingerprint density at radius 1 is 1.37 bits per heavy atom. The Morgan fingerprint density at radius 3 is 2.84 bits per heavy atom. The van der Waals surface area contributed by atoms with Crippen LogP contribution >= 0.6 is 11.6 Å². The van der Waals surface area contributed by atoms with E-state index in [9.17, 15) is 13.2 Å². The second-order valence-corrected chi connectivity index (χ2v) is 4.86.